The number of halogens is 1. The molecule has 2 atom stereocenters. The van der Waals surface area contributed by atoms with Crippen molar-refractivity contribution < 1.29 is 4.39 Å². The van der Waals surface area contributed by atoms with Crippen LogP contribution in [0.25, 0.3) is 11.0 Å². The van der Waals surface area contributed by atoms with Crippen LogP contribution in [-0.4, -0.2) is 34.6 Å². The minimum absolute atomic E-state index is 0.0920. The van der Waals surface area contributed by atoms with Crippen LogP contribution in [0.4, 0.5) is 4.39 Å². The van der Waals surface area contributed by atoms with Gasteiger partial charge in [-0.25, -0.2) is 9.37 Å². The second-order valence-electron chi connectivity index (χ2n) is 10.4. The van der Waals surface area contributed by atoms with Gasteiger partial charge in [0.05, 0.1) is 11.0 Å². The summed E-state index contributed by atoms with van der Waals surface area (Å²) in [5.74, 6) is 2.94. The zero-order chi connectivity index (χ0) is 23.4. The minimum Gasteiger partial charge on any atom is -0.331 e. The third kappa shape index (κ3) is 5.66. The molecule has 2 aromatic carbocycles. The fourth-order valence-electron chi connectivity index (χ4n) is 5.88. The van der Waals surface area contributed by atoms with E-state index in [1.807, 2.05) is 0 Å². The van der Waals surface area contributed by atoms with Crippen molar-refractivity contribution in [2.45, 2.75) is 64.7 Å². The van der Waals surface area contributed by atoms with E-state index in [4.69, 9.17) is 4.98 Å². The van der Waals surface area contributed by atoms with Crippen molar-refractivity contribution in [3.8, 4) is 0 Å². The number of unbranched alkanes of at least 4 members (excludes halogenated alkanes) is 2. The number of benzene rings is 2. The van der Waals surface area contributed by atoms with Gasteiger partial charge in [0.15, 0.2) is 0 Å². The number of para-hydroxylation sites is 2. The second-order valence-corrected chi connectivity index (χ2v) is 10.4. The number of rotatable bonds is 10. The van der Waals surface area contributed by atoms with Crippen LogP contribution < -0.4 is 0 Å². The van der Waals surface area contributed by atoms with E-state index in [0.717, 1.165) is 31.4 Å². The summed E-state index contributed by atoms with van der Waals surface area (Å²) in [6, 6.07) is 13.9. The summed E-state index contributed by atoms with van der Waals surface area (Å²) in [4.78, 5) is 7.31. The molecule has 0 amide bonds. The zero-order valence-corrected chi connectivity index (χ0v) is 20.9. The third-order valence-electron chi connectivity index (χ3n) is 7.68. The normalized spacial score (nSPS) is 18.4. The number of nitrogens with zero attached hydrogens (tertiary/aromatic N) is 3. The first-order valence-corrected chi connectivity index (χ1v) is 12.8. The van der Waals surface area contributed by atoms with Crippen LogP contribution in [-0.2, 0) is 19.9 Å². The van der Waals surface area contributed by atoms with Gasteiger partial charge in [-0.05, 0) is 105 Å². The van der Waals surface area contributed by atoms with Crippen molar-refractivity contribution in [2.24, 2.45) is 18.9 Å². The predicted octanol–water partition coefficient (Wildman–Crippen LogP) is 6.75. The smallest absolute Gasteiger partial charge is 0.123 e. The lowest BCUT2D eigenvalue weighted by Gasteiger charge is -2.37. The molecule has 1 aliphatic carbocycles. The highest BCUT2D eigenvalue weighted by atomic mass is 19.1. The van der Waals surface area contributed by atoms with Gasteiger partial charge in [0.2, 0.25) is 0 Å². The molecule has 0 saturated heterocycles. The summed E-state index contributed by atoms with van der Waals surface area (Å²) < 4.78 is 15.9. The Kier molecular flexibility index (Phi) is 7.85. The van der Waals surface area contributed by atoms with E-state index < -0.39 is 0 Å². The van der Waals surface area contributed by atoms with Gasteiger partial charge >= 0.3 is 0 Å². The van der Waals surface area contributed by atoms with E-state index in [2.05, 4.69) is 67.7 Å². The standard InChI is InChI=1S/C29H40FN3/c1-21(2)29-22(13-14-23-20-24(30)15-16-25(23)29)17-19-32(3)18-9-5-6-12-28-31-26-10-7-8-11-27(26)33(28)4/h7-8,10-11,15-16,20-22,29H,5-6,9,12-14,17-19H2,1-4H3/t22?,29-/m0/s1. The lowest BCUT2D eigenvalue weighted by molar-refractivity contribution is 0.237. The molecular weight excluding hydrogens is 409 g/mol. The van der Waals surface area contributed by atoms with Gasteiger partial charge in [-0.1, -0.05) is 38.5 Å². The lowest BCUT2D eigenvalue weighted by atomic mass is 9.69. The third-order valence-corrected chi connectivity index (χ3v) is 7.68. The van der Waals surface area contributed by atoms with Crippen LogP contribution in [0.15, 0.2) is 42.5 Å². The van der Waals surface area contributed by atoms with Crippen molar-refractivity contribution in [1.82, 2.24) is 14.5 Å². The molecule has 33 heavy (non-hydrogen) atoms. The van der Waals surface area contributed by atoms with E-state index >= 15 is 0 Å². The Balaban J connectivity index is 1.20. The molecule has 0 saturated carbocycles. The van der Waals surface area contributed by atoms with Crippen molar-refractivity contribution >= 4 is 11.0 Å². The minimum atomic E-state index is -0.0920. The molecule has 1 aliphatic rings. The average Bonchev–Trinajstić information content (AvgIpc) is 3.12. The molecule has 0 spiro atoms. The quantitative estimate of drug-likeness (QED) is 0.319. The summed E-state index contributed by atoms with van der Waals surface area (Å²) in [5, 5.41) is 0. The molecule has 4 heteroatoms. The number of hydrogen-bond donors (Lipinski definition) is 0. The first-order valence-electron chi connectivity index (χ1n) is 12.8. The topological polar surface area (TPSA) is 21.1 Å². The number of aromatic nitrogens is 2. The molecular formula is C29H40FN3. The number of imidazole rings is 1. The zero-order valence-electron chi connectivity index (χ0n) is 20.9. The molecule has 178 valence electrons. The van der Waals surface area contributed by atoms with E-state index in [1.165, 1.54) is 54.6 Å². The summed E-state index contributed by atoms with van der Waals surface area (Å²) in [6.45, 7) is 6.95. The maximum Gasteiger partial charge on any atom is 0.123 e. The van der Waals surface area contributed by atoms with Gasteiger partial charge in [0.1, 0.15) is 11.6 Å². The predicted molar refractivity (Wildman–Crippen MR) is 136 cm³/mol. The van der Waals surface area contributed by atoms with Crippen LogP contribution in [0.5, 0.6) is 0 Å². The SMILES string of the molecule is CC(C)[C@@H]1c2ccc(F)cc2CCC1CCN(C)CCCCCc1nc2ccccc2n1C. The fourth-order valence-corrected chi connectivity index (χ4v) is 5.88. The van der Waals surface area contributed by atoms with Crippen LogP contribution in [0, 0.1) is 17.7 Å². The van der Waals surface area contributed by atoms with Crippen molar-refractivity contribution in [3.63, 3.8) is 0 Å². The molecule has 1 heterocycles. The van der Waals surface area contributed by atoms with Gasteiger partial charge in [-0.15, -0.1) is 0 Å². The molecule has 0 radical (unpaired) electrons. The van der Waals surface area contributed by atoms with E-state index in [-0.39, 0.29) is 5.82 Å². The van der Waals surface area contributed by atoms with Crippen LogP contribution >= 0.6 is 0 Å². The molecule has 1 unspecified atom stereocenters. The van der Waals surface area contributed by atoms with Gasteiger partial charge in [0.25, 0.3) is 0 Å². The van der Waals surface area contributed by atoms with Crippen molar-refractivity contribution in [2.75, 3.05) is 20.1 Å². The highest BCUT2D eigenvalue weighted by molar-refractivity contribution is 5.75. The Bertz CT molecular complexity index is 1050. The van der Waals surface area contributed by atoms with Crippen molar-refractivity contribution in [1.29, 1.82) is 0 Å². The highest BCUT2D eigenvalue weighted by Gasteiger charge is 2.31. The second kappa shape index (κ2) is 10.8. The summed E-state index contributed by atoms with van der Waals surface area (Å²) in [5.41, 5.74) is 4.96. The molecule has 0 fully saturated rings. The van der Waals surface area contributed by atoms with E-state index in [9.17, 15) is 4.39 Å². The van der Waals surface area contributed by atoms with Crippen LogP contribution in [0.3, 0.4) is 0 Å². The number of aryl methyl sites for hydroxylation is 3. The Hall–Kier alpha value is -2.20. The van der Waals surface area contributed by atoms with Gasteiger partial charge < -0.3 is 9.47 Å². The summed E-state index contributed by atoms with van der Waals surface area (Å²) in [7, 11) is 4.39. The Labute approximate surface area is 199 Å². The fraction of sp³-hybridized carbons (Fsp3) is 0.552. The maximum absolute atomic E-state index is 13.7. The molecule has 1 aromatic heterocycles. The first-order chi connectivity index (χ1) is 15.9. The molecule has 0 aliphatic heterocycles. The van der Waals surface area contributed by atoms with E-state index in [1.54, 1.807) is 12.1 Å². The molecule has 3 aromatic rings. The highest BCUT2D eigenvalue weighted by Crippen LogP contribution is 2.42. The Morgan fingerprint density at radius 2 is 1.91 bits per heavy atom. The monoisotopic (exact) mass is 449 g/mol. The van der Waals surface area contributed by atoms with Crippen molar-refractivity contribution in [3.05, 3.63) is 65.2 Å². The first kappa shape index (κ1) is 23.9. The summed E-state index contributed by atoms with van der Waals surface area (Å²) >= 11 is 0. The average molecular weight is 450 g/mol. The van der Waals surface area contributed by atoms with Gasteiger partial charge in [-0.3, -0.25) is 0 Å². The Morgan fingerprint density at radius 3 is 2.70 bits per heavy atom. The van der Waals surface area contributed by atoms with Crippen LogP contribution in [0.1, 0.15) is 68.8 Å². The Morgan fingerprint density at radius 1 is 1.09 bits per heavy atom. The molecule has 0 N–H and O–H groups in total. The molecule has 3 nitrogen and oxygen atoms in total. The van der Waals surface area contributed by atoms with Gasteiger partial charge in [-0.2, -0.15) is 0 Å². The number of fused-ring (bicyclic) bond motifs is 2. The van der Waals surface area contributed by atoms with Crippen LogP contribution in [0.2, 0.25) is 0 Å². The van der Waals surface area contributed by atoms with E-state index in [0.29, 0.717) is 17.8 Å². The largest absolute Gasteiger partial charge is 0.331 e. The molecule has 0 bridgehead atoms. The number of hydrogen-bond acceptors (Lipinski definition) is 2. The lowest BCUT2D eigenvalue weighted by Crippen LogP contribution is -2.29. The maximum atomic E-state index is 13.7. The van der Waals surface area contributed by atoms with Gasteiger partial charge in [0, 0.05) is 13.5 Å². The molecule has 4 rings (SSSR count). The summed E-state index contributed by atoms with van der Waals surface area (Å²) in [6.07, 6.45) is 8.16.